The molecule has 3 heteroatoms. The highest BCUT2D eigenvalue weighted by molar-refractivity contribution is 8.19. The fraction of sp³-hybridized carbons (Fsp3) is 1.00. The average Bonchev–Trinajstić information content (AvgIpc) is 3.29. The quantitative estimate of drug-likeness (QED) is 0.0441. The maximum absolute atomic E-state index is 2.50. The van der Waals surface area contributed by atoms with E-state index in [2.05, 4.69) is 56.1 Å². The van der Waals surface area contributed by atoms with Crippen LogP contribution in [0.4, 0.5) is 0 Å². The number of unbranched alkanes of at least 4 members (excludes halogenated alkanes) is 39. The van der Waals surface area contributed by atoms with Gasteiger partial charge in [0, 0.05) is 5.25 Å². The normalized spacial score (nSPS) is 16.3. The minimum atomic E-state index is 0.451. The topological polar surface area (TPSA) is 0 Å². The van der Waals surface area contributed by atoms with Gasteiger partial charge in [0.2, 0.25) is 0 Å². The van der Waals surface area contributed by atoms with Crippen molar-refractivity contribution in [3.63, 3.8) is 0 Å². The van der Waals surface area contributed by atoms with Gasteiger partial charge in [0.25, 0.3) is 0 Å². The minimum Gasteiger partial charge on any atom is -0.156 e. The molecule has 1 fully saturated rings. The summed E-state index contributed by atoms with van der Waals surface area (Å²) in [5.41, 5.74) is 0. The van der Waals surface area contributed by atoms with E-state index in [1.807, 2.05) is 0 Å². The van der Waals surface area contributed by atoms with Crippen molar-refractivity contribution in [1.82, 2.24) is 0 Å². The molecule has 0 bridgehead atoms. The average molecular weight is 938 g/mol. The van der Waals surface area contributed by atoms with E-state index < -0.39 is 0 Å². The smallest absolute Gasteiger partial charge is 0.0728 e. The summed E-state index contributed by atoms with van der Waals surface area (Å²) in [6, 6.07) is 0. The van der Waals surface area contributed by atoms with Crippen LogP contribution in [0.15, 0.2) is 0 Å². The number of hydrogen-bond acceptors (Lipinski definition) is 3. The second-order valence-electron chi connectivity index (χ2n) is 21.0. The molecular weight excluding hydrogens is 817 g/mol. The number of rotatable bonds is 48. The first-order valence-corrected chi connectivity index (χ1v) is 33.2. The lowest BCUT2D eigenvalue weighted by atomic mass is 10.00. The molecule has 1 saturated carbocycles. The third-order valence-electron chi connectivity index (χ3n) is 14.7. The second-order valence-corrected chi connectivity index (χ2v) is 25.4. The van der Waals surface area contributed by atoms with E-state index in [0.29, 0.717) is 4.08 Å². The molecular formula is C60H120S3. The second kappa shape index (κ2) is 52.4. The Kier molecular flexibility index (Phi) is 51.6. The van der Waals surface area contributed by atoms with Crippen LogP contribution in [0.3, 0.4) is 0 Å². The maximum Gasteiger partial charge on any atom is 0.0728 e. The van der Waals surface area contributed by atoms with E-state index in [0.717, 1.165) is 5.25 Å². The van der Waals surface area contributed by atoms with E-state index in [1.54, 1.807) is 0 Å². The Labute approximate surface area is 414 Å². The summed E-state index contributed by atoms with van der Waals surface area (Å²) < 4.78 is 0.451. The van der Waals surface area contributed by atoms with E-state index in [4.69, 9.17) is 0 Å². The summed E-state index contributed by atoms with van der Waals surface area (Å²) in [6.07, 6.45) is 76.6. The van der Waals surface area contributed by atoms with Gasteiger partial charge in [0.1, 0.15) is 0 Å². The standard InChI is InChI=1S/C60H120S3/c1-4-7-10-13-16-19-22-25-28-31-36-41-46-51-56-61-59-54-49-44-39-34-35-40-45-50-55-60(59,62-57-52-47-42-37-32-29-26-23-20-17-14-11-8-5-2)63-58-53-48-43-38-33-30-27-24-21-18-15-12-9-6-3/h59H,4-58H2,1-3H3. The van der Waals surface area contributed by atoms with Crippen molar-refractivity contribution in [2.45, 2.75) is 364 Å². The van der Waals surface area contributed by atoms with Crippen LogP contribution in [0.2, 0.25) is 0 Å². The molecule has 1 rings (SSSR count). The van der Waals surface area contributed by atoms with Crippen LogP contribution in [0.1, 0.15) is 355 Å². The lowest BCUT2D eigenvalue weighted by Gasteiger charge is -2.41. The predicted octanol–water partition coefficient (Wildman–Crippen LogP) is 23.6. The van der Waals surface area contributed by atoms with Crippen LogP contribution in [-0.2, 0) is 0 Å². The number of thioether (sulfide) groups is 3. The van der Waals surface area contributed by atoms with Crippen molar-refractivity contribution in [2.75, 3.05) is 17.3 Å². The first-order valence-electron chi connectivity index (χ1n) is 30.2. The van der Waals surface area contributed by atoms with Gasteiger partial charge in [-0.3, -0.25) is 0 Å². The predicted molar refractivity (Wildman–Crippen MR) is 301 cm³/mol. The van der Waals surface area contributed by atoms with Gasteiger partial charge >= 0.3 is 0 Å². The van der Waals surface area contributed by atoms with Gasteiger partial charge < -0.3 is 0 Å². The fourth-order valence-corrected chi connectivity index (χ4v) is 15.9. The molecule has 1 atom stereocenters. The molecule has 0 N–H and O–H groups in total. The lowest BCUT2D eigenvalue weighted by Crippen LogP contribution is -2.35. The molecule has 0 aromatic carbocycles. The summed E-state index contributed by atoms with van der Waals surface area (Å²) in [4.78, 5) is 0. The molecule has 0 radical (unpaired) electrons. The first kappa shape index (κ1) is 62.1. The molecule has 0 aliphatic heterocycles. The van der Waals surface area contributed by atoms with Crippen LogP contribution < -0.4 is 0 Å². The molecule has 0 spiro atoms. The largest absolute Gasteiger partial charge is 0.156 e. The lowest BCUT2D eigenvalue weighted by molar-refractivity contribution is 0.502. The molecule has 0 nitrogen and oxygen atoms in total. The van der Waals surface area contributed by atoms with Crippen molar-refractivity contribution in [1.29, 1.82) is 0 Å². The highest BCUT2D eigenvalue weighted by Crippen LogP contribution is 2.51. The Hall–Kier alpha value is 1.05. The first-order chi connectivity index (χ1) is 31.3. The van der Waals surface area contributed by atoms with Crippen LogP contribution in [0.25, 0.3) is 0 Å². The Bertz CT molecular complexity index is 794. The zero-order valence-electron chi connectivity index (χ0n) is 44.2. The van der Waals surface area contributed by atoms with Gasteiger partial charge in [-0.2, -0.15) is 11.8 Å². The van der Waals surface area contributed by atoms with Crippen LogP contribution >= 0.6 is 35.3 Å². The molecule has 378 valence electrons. The van der Waals surface area contributed by atoms with Gasteiger partial charge in [-0.25, -0.2) is 0 Å². The molecule has 0 aromatic rings. The fourth-order valence-electron chi connectivity index (χ4n) is 10.3. The SMILES string of the molecule is CCCCCCCCCCCCCCCCSC1CCCCCCCCCCC1(SCCCCCCCCCCCCCCCC)SCCCCCCCCCCCCCCCC. The van der Waals surface area contributed by atoms with Crippen molar-refractivity contribution < 1.29 is 0 Å². The van der Waals surface area contributed by atoms with Crippen molar-refractivity contribution in [2.24, 2.45) is 0 Å². The highest BCUT2D eigenvalue weighted by atomic mass is 32.2. The van der Waals surface area contributed by atoms with E-state index in [1.165, 1.54) is 351 Å². The van der Waals surface area contributed by atoms with Gasteiger partial charge in [-0.15, -0.1) is 23.5 Å². The molecule has 0 amide bonds. The Morgan fingerprint density at radius 2 is 0.508 bits per heavy atom. The Morgan fingerprint density at radius 1 is 0.270 bits per heavy atom. The van der Waals surface area contributed by atoms with Crippen LogP contribution in [-0.4, -0.2) is 26.6 Å². The number of hydrogen-bond donors (Lipinski definition) is 0. The molecule has 63 heavy (non-hydrogen) atoms. The minimum absolute atomic E-state index is 0.451. The maximum atomic E-state index is 2.50. The molecule has 0 aromatic heterocycles. The third-order valence-corrected chi connectivity index (χ3v) is 20.2. The van der Waals surface area contributed by atoms with E-state index in [9.17, 15) is 0 Å². The van der Waals surface area contributed by atoms with Crippen molar-refractivity contribution in [3.8, 4) is 0 Å². The third kappa shape index (κ3) is 42.9. The molecule has 1 unspecified atom stereocenters. The van der Waals surface area contributed by atoms with Gasteiger partial charge in [-0.1, -0.05) is 323 Å². The van der Waals surface area contributed by atoms with Gasteiger partial charge in [0.05, 0.1) is 4.08 Å². The highest BCUT2D eigenvalue weighted by Gasteiger charge is 2.39. The van der Waals surface area contributed by atoms with Gasteiger partial charge in [0.15, 0.2) is 0 Å². The van der Waals surface area contributed by atoms with Gasteiger partial charge in [-0.05, 0) is 49.4 Å². The summed E-state index contributed by atoms with van der Waals surface area (Å²) in [6.45, 7) is 6.99. The zero-order valence-corrected chi connectivity index (χ0v) is 46.6. The summed E-state index contributed by atoms with van der Waals surface area (Å²) in [5.74, 6) is 4.25. The Morgan fingerprint density at radius 3 is 0.810 bits per heavy atom. The van der Waals surface area contributed by atoms with Crippen molar-refractivity contribution >= 4 is 35.3 Å². The molecule has 0 saturated heterocycles. The zero-order chi connectivity index (χ0) is 45.1. The Balaban J connectivity index is 2.61. The summed E-state index contributed by atoms with van der Waals surface area (Å²) in [7, 11) is 0. The van der Waals surface area contributed by atoms with Crippen LogP contribution in [0, 0.1) is 0 Å². The van der Waals surface area contributed by atoms with E-state index >= 15 is 0 Å². The molecule has 1 aliphatic carbocycles. The van der Waals surface area contributed by atoms with Crippen LogP contribution in [0.5, 0.6) is 0 Å². The summed E-state index contributed by atoms with van der Waals surface area (Å²) >= 11 is 7.48. The molecule has 0 heterocycles. The monoisotopic (exact) mass is 937 g/mol. The van der Waals surface area contributed by atoms with Crippen molar-refractivity contribution in [3.05, 3.63) is 0 Å². The van der Waals surface area contributed by atoms with E-state index in [-0.39, 0.29) is 0 Å². The molecule has 1 aliphatic rings. The summed E-state index contributed by atoms with van der Waals surface area (Å²) in [5, 5.41) is 0.854.